The molecule has 0 saturated heterocycles. The molecule has 5 nitrogen and oxygen atoms in total. The third-order valence-corrected chi connectivity index (χ3v) is 3.06. The van der Waals surface area contributed by atoms with Gasteiger partial charge in [-0.2, -0.15) is 0 Å². The molecule has 0 saturated carbocycles. The summed E-state index contributed by atoms with van der Waals surface area (Å²) < 4.78 is 10.4. The first kappa shape index (κ1) is 14.3. The Morgan fingerprint density at radius 1 is 1.40 bits per heavy atom. The molecule has 0 bridgehead atoms. The first-order valence-electron chi connectivity index (χ1n) is 6.42. The quantitative estimate of drug-likeness (QED) is 0.849. The van der Waals surface area contributed by atoms with Crippen LogP contribution in [0.2, 0.25) is 0 Å². The van der Waals surface area contributed by atoms with E-state index in [4.69, 9.17) is 9.15 Å². The van der Waals surface area contributed by atoms with Crippen molar-refractivity contribution in [3.05, 3.63) is 53.7 Å². The summed E-state index contributed by atoms with van der Waals surface area (Å²) in [5.41, 5.74) is 0.759. The van der Waals surface area contributed by atoms with Crippen molar-refractivity contribution in [3.63, 3.8) is 0 Å². The highest BCUT2D eigenvalue weighted by Gasteiger charge is 2.24. The van der Waals surface area contributed by atoms with Gasteiger partial charge in [0.15, 0.2) is 0 Å². The van der Waals surface area contributed by atoms with E-state index in [-0.39, 0.29) is 12.0 Å². The van der Waals surface area contributed by atoms with Crippen LogP contribution in [0.15, 0.2) is 41.1 Å². The number of nitrogens with zero attached hydrogens (tertiary/aromatic N) is 1. The van der Waals surface area contributed by atoms with Crippen LogP contribution in [0, 0.1) is 6.92 Å². The Labute approximate surface area is 118 Å². The summed E-state index contributed by atoms with van der Waals surface area (Å²) in [4.78, 5) is 16.0. The molecular formula is C15H18N2O3. The lowest BCUT2D eigenvalue weighted by Crippen LogP contribution is -2.31. The molecule has 2 atom stereocenters. The second kappa shape index (κ2) is 6.34. The van der Waals surface area contributed by atoms with E-state index < -0.39 is 6.04 Å². The summed E-state index contributed by atoms with van der Waals surface area (Å²) in [6.07, 6.45) is 3.31. The van der Waals surface area contributed by atoms with Crippen molar-refractivity contribution in [2.75, 3.05) is 7.11 Å². The third kappa shape index (κ3) is 3.24. The van der Waals surface area contributed by atoms with Crippen LogP contribution in [0.3, 0.4) is 0 Å². The molecule has 2 heterocycles. The smallest absolute Gasteiger partial charge is 0.327 e. The minimum absolute atomic E-state index is 0.118. The van der Waals surface area contributed by atoms with Gasteiger partial charge < -0.3 is 9.15 Å². The van der Waals surface area contributed by atoms with Crippen molar-refractivity contribution >= 4 is 5.97 Å². The number of nitrogens with one attached hydrogen (secondary N) is 1. The van der Waals surface area contributed by atoms with Crippen LogP contribution in [0.5, 0.6) is 0 Å². The number of pyridine rings is 1. The molecule has 0 aromatic carbocycles. The molecule has 0 unspecified atom stereocenters. The number of esters is 1. The fraction of sp³-hybridized carbons (Fsp3) is 0.333. The standard InChI is InChI=1S/C15H18N2O3/c1-10-6-7-13(20-10)11(2)17-14(15(18)19-3)12-5-4-8-16-9-12/h4-9,11,14,17H,1-3H3/t11-,14+/m1/s1. The van der Waals surface area contributed by atoms with Gasteiger partial charge in [0.25, 0.3) is 0 Å². The summed E-state index contributed by atoms with van der Waals surface area (Å²) in [6, 6.07) is 6.72. The molecule has 2 aromatic heterocycles. The highest BCUT2D eigenvalue weighted by molar-refractivity contribution is 5.77. The average molecular weight is 274 g/mol. The zero-order valence-electron chi connectivity index (χ0n) is 11.8. The molecule has 0 aliphatic heterocycles. The summed E-state index contributed by atoms with van der Waals surface area (Å²) in [6.45, 7) is 3.82. The number of methoxy groups -OCH3 is 1. The van der Waals surface area contributed by atoms with Crippen molar-refractivity contribution in [1.82, 2.24) is 10.3 Å². The fourth-order valence-electron chi connectivity index (χ4n) is 1.98. The molecule has 106 valence electrons. The molecule has 1 N–H and O–H groups in total. The fourth-order valence-corrected chi connectivity index (χ4v) is 1.98. The van der Waals surface area contributed by atoms with Crippen molar-refractivity contribution in [1.29, 1.82) is 0 Å². The number of rotatable bonds is 5. The summed E-state index contributed by atoms with van der Waals surface area (Å²) in [5.74, 6) is 1.26. The molecule has 2 aromatic rings. The number of aromatic nitrogens is 1. The Morgan fingerprint density at radius 2 is 2.20 bits per heavy atom. The van der Waals surface area contributed by atoms with E-state index in [9.17, 15) is 4.79 Å². The van der Waals surface area contributed by atoms with Gasteiger partial charge >= 0.3 is 5.97 Å². The second-order valence-corrected chi connectivity index (χ2v) is 4.58. The predicted molar refractivity (Wildman–Crippen MR) is 74.0 cm³/mol. The highest BCUT2D eigenvalue weighted by atomic mass is 16.5. The Bertz CT molecular complexity index is 566. The Morgan fingerprint density at radius 3 is 2.75 bits per heavy atom. The van der Waals surface area contributed by atoms with Gasteiger partial charge in [-0.3, -0.25) is 10.3 Å². The number of hydrogen-bond acceptors (Lipinski definition) is 5. The first-order valence-corrected chi connectivity index (χ1v) is 6.42. The number of ether oxygens (including phenoxy) is 1. The van der Waals surface area contributed by atoms with Crippen LogP contribution in [-0.4, -0.2) is 18.1 Å². The largest absolute Gasteiger partial charge is 0.468 e. The van der Waals surface area contributed by atoms with E-state index in [0.29, 0.717) is 0 Å². The molecule has 20 heavy (non-hydrogen) atoms. The summed E-state index contributed by atoms with van der Waals surface area (Å²) in [7, 11) is 1.37. The van der Waals surface area contributed by atoms with Crippen molar-refractivity contribution in [2.45, 2.75) is 25.9 Å². The van der Waals surface area contributed by atoms with Gasteiger partial charge in [-0.25, -0.2) is 4.79 Å². The molecule has 2 rings (SSSR count). The van der Waals surface area contributed by atoms with Crippen LogP contribution >= 0.6 is 0 Å². The number of furan rings is 1. The Hall–Kier alpha value is -2.14. The first-order chi connectivity index (χ1) is 9.61. The number of aryl methyl sites for hydroxylation is 1. The summed E-state index contributed by atoms with van der Waals surface area (Å²) >= 11 is 0. The van der Waals surface area contributed by atoms with Crippen molar-refractivity contribution in [2.24, 2.45) is 0 Å². The van der Waals surface area contributed by atoms with Gasteiger partial charge in [0.2, 0.25) is 0 Å². The van der Waals surface area contributed by atoms with Crippen LogP contribution in [0.1, 0.15) is 36.1 Å². The SMILES string of the molecule is COC(=O)[C@@H](N[C@H](C)c1ccc(C)o1)c1cccnc1. The van der Waals surface area contributed by atoms with Crippen LogP contribution in [-0.2, 0) is 9.53 Å². The monoisotopic (exact) mass is 274 g/mol. The lowest BCUT2D eigenvalue weighted by atomic mass is 10.1. The maximum absolute atomic E-state index is 11.9. The molecule has 0 spiro atoms. The van der Waals surface area contributed by atoms with Gasteiger partial charge in [-0.1, -0.05) is 6.07 Å². The van der Waals surface area contributed by atoms with Crippen molar-refractivity contribution in [3.8, 4) is 0 Å². The van der Waals surface area contributed by atoms with Crippen LogP contribution < -0.4 is 5.32 Å². The third-order valence-electron chi connectivity index (χ3n) is 3.06. The number of hydrogen-bond donors (Lipinski definition) is 1. The lowest BCUT2D eigenvalue weighted by Gasteiger charge is -2.20. The number of carbonyl (C=O) groups is 1. The predicted octanol–water partition coefficient (Wildman–Crippen LogP) is 2.55. The molecular weight excluding hydrogens is 256 g/mol. The molecule has 0 fully saturated rings. The minimum Gasteiger partial charge on any atom is -0.468 e. The zero-order chi connectivity index (χ0) is 14.5. The molecule has 5 heteroatoms. The van der Waals surface area contributed by atoms with Crippen LogP contribution in [0.4, 0.5) is 0 Å². The van der Waals surface area contributed by atoms with Crippen molar-refractivity contribution < 1.29 is 13.9 Å². The zero-order valence-corrected chi connectivity index (χ0v) is 11.8. The van der Waals surface area contributed by atoms with Crippen LogP contribution in [0.25, 0.3) is 0 Å². The Kier molecular flexibility index (Phi) is 4.53. The average Bonchev–Trinajstić information content (AvgIpc) is 2.91. The van der Waals surface area contributed by atoms with Gasteiger partial charge in [0.05, 0.1) is 13.2 Å². The lowest BCUT2D eigenvalue weighted by molar-refractivity contribution is -0.143. The highest BCUT2D eigenvalue weighted by Crippen LogP contribution is 2.21. The van der Waals surface area contributed by atoms with E-state index in [1.807, 2.05) is 32.0 Å². The van der Waals surface area contributed by atoms with Gasteiger partial charge in [-0.15, -0.1) is 0 Å². The van der Waals surface area contributed by atoms with Gasteiger partial charge in [-0.05, 0) is 37.6 Å². The van der Waals surface area contributed by atoms with E-state index in [2.05, 4.69) is 10.3 Å². The Balaban J connectivity index is 2.18. The number of carbonyl (C=O) groups excluding carboxylic acids is 1. The second-order valence-electron chi connectivity index (χ2n) is 4.58. The maximum atomic E-state index is 11.9. The maximum Gasteiger partial charge on any atom is 0.327 e. The van der Waals surface area contributed by atoms with E-state index in [0.717, 1.165) is 17.1 Å². The molecule has 0 aliphatic rings. The molecule has 0 amide bonds. The van der Waals surface area contributed by atoms with E-state index >= 15 is 0 Å². The molecule has 0 aliphatic carbocycles. The van der Waals surface area contributed by atoms with E-state index in [1.165, 1.54) is 7.11 Å². The normalized spacial score (nSPS) is 13.8. The molecule has 0 radical (unpaired) electrons. The minimum atomic E-state index is -0.575. The topological polar surface area (TPSA) is 64.4 Å². The van der Waals surface area contributed by atoms with Gasteiger partial charge in [0, 0.05) is 12.4 Å². The summed E-state index contributed by atoms with van der Waals surface area (Å²) in [5, 5.41) is 3.21. The van der Waals surface area contributed by atoms with Gasteiger partial charge in [0.1, 0.15) is 17.6 Å². The van der Waals surface area contributed by atoms with E-state index in [1.54, 1.807) is 18.5 Å².